The molecule has 0 aromatic carbocycles. The van der Waals surface area contributed by atoms with Crippen LogP contribution in [0.25, 0.3) is 0 Å². The third-order valence-corrected chi connectivity index (χ3v) is 0.408. The minimum atomic E-state index is -0.602. The van der Waals surface area contributed by atoms with E-state index < -0.39 is 6.29 Å². The van der Waals surface area contributed by atoms with Gasteiger partial charge in [-0.3, -0.25) is 0 Å². The first kappa shape index (κ1) is 16.5. The summed E-state index contributed by atoms with van der Waals surface area (Å²) in [5.74, 6) is 0. The second-order valence-electron chi connectivity index (χ2n) is 1.05. The second kappa shape index (κ2) is 11.7. The zero-order chi connectivity index (χ0) is 4.99. The Morgan fingerprint density at radius 3 is 2.00 bits per heavy atom. The predicted octanol–water partition coefficient (Wildman–Crippen LogP) is -5.41. The van der Waals surface area contributed by atoms with Crippen LogP contribution in [0.1, 0.15) is 16.7 Å². The fourth-order valence-electron chi connectivity index (χ4n) is 0.241. The number of rotatable bonds is 2. The second-order valence-corrected chi connectivity index (χ2v) is 1.05. The molecule has 0 saturated heterocycles. The monoisotopic (exact) mass is 138 g/mol. The van der Waals surface area contributed by atoms with Crippen LogP contribution in [0.3, 0.4) is 0 Å². The Bertz CT molecular complexity index is 40.4. The standard InChI is InChI=1S/C4H10O2.2Na.2H/c1-3-6-4(2)5;;;;/h4-5H,3H2,1-2H3;;;;/q;2*+1;2*-1. The molecule has 0 heterocycles. The molecule has 0 aromatic heterocycles. The summed E-state index contributed by atoms with van der Waals surface area (Å²) in [5.41, 5.74) is 0. The fraction of sp³-hybridized carbons (Fsp3) is 1.00. The molecule has 0 radical (unpaired) electrons. The van der Waals surface area contributed by atoms with Gasteiger partial charge in [0.25, 0.3) is 0 Å². The van der Waals surface area contributed by atoms with Crippen LogP contribution in [0.5, 0.6) is 0 Å². The molecule has 8 heavy (non-hydrogen) atoms. The van der Waals surface area contributed by atoms with Crippen molar-refractivity contribution >= 4 is 0 Å². The molecule has 1 atom stereocenters. The number of aliphatic hydroxyl groups is 1. The topological polar surface area (TPSA) is 29.5 Å². The largest absolute Gasteiger partial charge is 1.00 e. The van der Waals surface area contributed by atoms with Gasteiger partial charge in [0.1, 0.15) is 0 Å². The maximum Gasteiger partial charge on any atom is 1.00 e. The maximum atomic E-state index is 8.33. The minimum absolute atomic E-state index is 0. The predicted molar refractivity (Wildman–Crippen MR) is 25.5 cm³/mol. The molecule has 0 aliphatic carbocycles. The van der Waals surface area contributed by atoms with Gasteiger partial charge >= 0.3 is 59.1 Å². The molecule has 0 saturated carbocycles. The van der Waals surface area contributed by atoms with Crippen LogP contribution >= 0.6 is 0 Å². The van der Waals surface area contributed by atoms with Gasteiger partial charge in [0, 0.05) is 6.61 Å². The average molecular weight is 138 g/mol. The third-order valence-electron chi connectivity index (χ3n) is 0.408. The van der Waals surface area contributed by atoms with Crippen molar-refractivity contribution in [1.29, 1.82) is 0 Å². The van der Waals surface area contributed by atoms with Crippen molar-refractivity contribution in [3.05, 3.63) is 0 Å². The SMILES string of the molecule is CCOC(C)O.[H-].[H-].[Na+].[Na+]. The van der Waals surface area contributed by atoms with Gasteiger partial charge < -0.3 is 12.7 Å². The Kier molecular flexibility index (Phi) is 24.1. The van der Waals surface area contributed by atoms with E-state index in [0.29, 0.717) is 6.61 Å². The van der Waals surface area contributed by atoms with Crippen LogP contribution in [0.2, 0.25) is 0 Å². The first-order valence-corrected chi connectivity index (χ1v) is 2.07. The van der Waals surface area contributed by atoms with Gasteiger partial charge in [-0.1, -0.05) is 0 Å². The molecular formula is C4H12Na2O2. The van der Waals surface area contributed by atoms with E-state index in [0.717, 1.165) is 0 Å². The first-order valence-electron chi connectivity index (χ1n) is 2.07. The molecule has 0 rings (SSSR count). The van der Waals surface area contributed by atoms with Crippen molar-refractivity contribution in [2.75, 3.05) is 6.61 Å². The smallest absolute Gasteiger partial charge is 1.00 e. The molecular weight excluding hydrogens is 126 g/mol. The van der Waals surface area contributed by atoms with Crippen molar-refractivity contribution in [3.8, 4) is 0 Å². The summed E-state index contributed by atoms with van der Waals surface area (Å²) in [6.45, 7) is 4.01. The number of hydrogen-bond acceptors (Lipinski definition) is 2. The van der Waals surface area contributed by atoms with E-state index in [-0.39, 0.29) is 62.0 Å². The number of hydrogen-bond donors (Lipinski definition) is 1. The zero-order valence-corrected chi connectivity index (χ0v) is 10.1. The van der Waals surface area contributed by atoms with Gasteiger partial charge in [-0.25, -0.2) is 0 Å². The van der Waals surface area contributed by atoms with Gasteiger partial charge in [-0.15, -0.1) is 0 Å². The maximum absolute atomic E-state index is 8.33. The van der Waals surface area contributed by atoms with Crippen LogP contribution < -0.4 is 59.1 Å². The van der Waals surface area contributed by atoms with E-state index >= 15 is 0 Å². The molecule has 0 aliphatic heterocycles. The molecule has 1 N–H and O–H groups in total. The van der Waals surface area contributed by atoms with Crippen LogP contribution in [0, 0.1) is 0 Å². The van der Waals surface area contributed by atoms with Crippen LogP contribution in [-0.4, -0.2) is 18.0 Å². The fourth-order valence-corrected chi connectivity index (χ4v) is 0.241. The first-order chi connectivity index (χ1) is 2.77. The number of aliphatic hydroxyl groups excluding tert-OH is 1. The summed E-state index contributed by atoms with van der Waals surface area (Å²) in [7, 11) is 0. The van der Waals surface area contributed by atoms with Gasteiger partial charge in [-0.05, 0) is 13.8 Å². The molecule has 4 heteroatoms. The quantitative estimate of drug-likeness (QED) is 0.305. The van der Waals surface area contributed by atoms with E-state index in [2.05, 4.69) is 4.74 Å². The van der Waals surface area contributed by atoms with Crippen molar-refractivity contribution in [3.63, 3.8) is 0 Å². The number of ether oxygens (including phenoxy) is 1. The summed E-state index contributed by atoms with van der Waals surface area (Å²) in [5, 5.41) is 8.33. The Labute approximate surface area is 97.5 Å². The molecule has 0 amide bonds. The molecule has 42 valence electrons. The molecule has 0 aromatic rings. The van der Waals surface area contributed by atoms with Crippen LogP contribution in [0.15, 0.2) is 0 Å². The van der Waals surface area contributed by atoms with Crippen molar-refractivity contribution in [1.82, 2.24) is 0 Å². The van der Waals surface area contributed by atoms with Gasteiger partial charge in [0.2, 0.25) is 0 Å². The van der Waals surface area contributed by atoms with Gasteiger partial charge in [0.05, 0.1) is 0 Å². The normalized spacial score (nSPS) is 10.9. The Morgan fingerprint density at radius 2 is 2.00 bits per heavy atom. The van der Waals surface area contributed by atoms with Crippen LogP contribution in [-0.2, 0) is 4.74 Å². The Hall–Kier alpha value is 1.92. The molecule has 0 spiro atoms. The van der Waals surface area contributed by atoms with Crippen molar-refractivity contribution < 1.29 is 71.8 Å². The summed E-state index contributed by atoms with van der Waals surface area (Å²) < 4.78 is 4.60. The van der Waals surface area contributed by atoms with E-state index in [1.54, 1.807) is 6.92 Å². The molecule has 2 nitrogen and oxygen atoms in total. The van der Waals surface area contributed by atoms with Crippen molar-refractivity contribution in [2.45, 2.75) is 20.1 Å². The van der Waals surface area contributed by atoms with Gasteiger partial charge in [0.15, 0.2) is 6.29 Å². The Morgan fingerprint density at radius 1 is 1.62 bits per heavy atom. The molecule has 1 unspecified atom stereocenters. The molecule has 0 bridgehead atoms. The summed E-state index contributed by atoms with van der Waals surface area (Å²) in [6, 6.07) is 0. The zero-order valence-electron chi connectivity index (χ0n) is 8.14. The van der Waals surface area contributed by atoms with E-state index in [1.807, 2.05) is 6.92 Å². The Balaban J connectivity index is -0.0000000208. The summed E-state index contributed by atoms with van der Waals surface area (Å²) in [4.78, 5) is 0. The third kappa shape index (κ3) is 15.7. The van der Waals surface area contributed by atoms with Crippen molar-refractivity contribution in [2.24, 2.45) is 0 Å². The summed E-state index contributed by atoms with van der Waals surface area (Å²) in [6.07, 6.45) is -0.602. The molecule has 0 fully saturated rings. The van der Waals surface area contributed by atoms with E-state index in [9.17, 15) is 0 Å². The summed E-state index contributed by atoms with van der Waals surface area (Å²) >= 11 is 0. The van der Waals surface area contributed by atoms with Crippen LogP contribution in [0.4, 0.5) is 0 Å². The van der Waals surface area contributed by atoms with Gasteiger partial charge in [-0.2, -0.15) is 0 Å². The molecule has 0 aliphatic rings. The van der Waals surface area contributed by atoms with E-state index in [4.69, 9.17) is 5.11 Å². The average Bonchev–Trinajstić information content (AvgIpc) is 1.35. The minimum Gasteiger partial charge on any atom is -1.00 e. The van der Waals surface area contributed by atoms with E-state index in [1.165, 1.54) is 0 Å².